The van der Waals surface area contributed by atoms with Gasteiger partial charge in [0.05, 0.1) is 13.4 Å². The molecule has 0 bridgehead atoms. The molecule has 0 aliphatic carbocycles. The Labute approximate surface area is 192 Å². The van der Waals surface area contributed by atoms with Crippen molar-refractivity contribution in [3.63, 3.8) is 0 Å². The average molecular weight is 440 g/mol. The van der Waals surface area contributed by atoms with E-state index in [4.69, 9.17) is 9.15 Å². The predicted molar refractivity (Wildman–Crippen MR) is 132 cm³/mol. The summed E-state index contributed by atoms with van der Waals surface area (Å²) in [4.78, 5) is 24.3. The van der Waals surface area contributed by atoms with Crippen molar-refractivity contribution < 1.29 is 18.7 Å². The molecule has 5 nitrogen and oxygen atoms in total. The van der Waals surface area contributed by atoms with Crippen LogP contribution in [0.4, 0.5) is 5.69 Å². The second-order valence-electron chi connectivity index (χ2n) is 7.93. The second kappa shape index (κ2) is 9.17. The summed E-state index contributed by atoms with van der Waals surface area (Å²) in [6.45, 7) is 5.32. The number of furan rings is 1. The van der Waals surface area contributed by atoms with E-state index in [0.29, 0.717) is 17.0 Å². The number of benzene rings is 3. The van der Waals surface area contributed by atoms with Gasteiger partial charge in [0.25, 0.3) is 0 Å². The molecule has 0 saturated heterocycles. The summed E-state index contributed by atoms with van der Waals surface area (Å²) >= 11 is 0. The molecule has 1 amide bonds. The van der Waals surface area contributed by atoms with Gasteiger partial charge in [0, 0.05) is 39.4 Å². The fraction of sp³-hybridized carbons (Fsp3) is 0.143. The molecule has 4 rings (SSSR count). The van der Waals surface area contributed by atoms with E-state index in [1.165, 1.54) is 13.0 Å². The molecular formula is C28H25NO4. The lowest BCUT2D eigenvalue weighted by molar-refractivity contribution is -0.111. The Balaban J connectivity index is 1.73. The minimum atomic E-state index is -0.288. The number of ketones is 1. The Bertz CT molecular complexity index is 1380. The van der Waals surface area contributed by atoms with Gasteiger partial charge < -0.3 is 14.5 Å². The van der Waals surface area contributed by atoms with Gasteiger partial charge in [-0.25, -0.2) is 0 Å². The zero-order chi connectivity index (χ0) is 23.5. The maximum absolute atomic E-state index is 12.7. The molecule has 0 aliphatic heterocycles. The fourth-order valence-electron chi connectivity index (χ4n) is 3.98. The number of allylic oxidation sites excluding steroid dienone is 1. The summed E-state index contributed by atoms with van der Waals surface area (Å²) in [5, 5.41) is 3.79. The Morgan fingerprint density at radius 3 is 2.45 bits per heavy atom. The highest BCUT2D eigenvalue weighted by Crippen LogP contribution is 2.40. The third-order valence-electron chi connectivity index (χ3n) is 5.64. The number of carbonyl (C=O) groups excluding carboxylic acids is 2. The van der Waals surface area contributed by atoms with E-state index in [9.17, 15) is 9.59 Å². The third-order valence-corrected chi connectivity index (χ3v) is 5.64. The van der Waals surface area contributed by atoms with E-state index in [1.807, 2.05) is 50.2 Å². The van der Waals surface area contributed by atoms with E-state index in [-0.39, 0.29) is 11.7 Å². The lowest BCUT2D eigenvalue weighted by Gasteiger charge is -2.13. The van der Waals surface area contributed by atoms with Crippen molar-refractivity contribution in [1.29, 1.82) is 0 Å². The Morgan fingerprint density at radius 2 is 1.76 bits per heavy atom. The predicted octanol–water partition coefficient (Wildman–Crippen LogP) is 6.66. The fourth-order valence-corrected chi connectivity index (χ4v) is 3.98. The monoisotopic (exact) mass is 439 g/mol. The van der Waals surface area contributed by atoms with E-state index >= 15 is 0 Å². The van der Waals surface area contributed by atoms with Crippen molar-refractivity contribution in [1.82, 2.24) is 0 Å². The van der Waals surface area contributed by atoms with Gasteiger partial charge in [-0.15, -0.1) is 0 Å². The highest BCUT2D eigenvalue weighted by Gasteiger charge is 2.18. The van der Waals surface area contributed by atoms with Crippen LogP contribution in [-0.4, -0.2) is 18.8 Å². The van der Waals surface area contributed by atoms with Crippen molar-refractivity contribution in [3.05, 3.63) is 89.7 Å². The van der Waals surface area contributed by atoms with Crippen molar-refractivity contribution in [2.24, 2.45) is 0 Å². The van der Waals surface area contributed by atoms with E-state index in [1.54, 1.807) is 37.6 Å². The lowest BCUT2D eigenvalue weighted by Crippen LogP contribution is -2.09. The summed E-state index contributed by atoms with van der Waals surface area (Å²) in [6.07, 6.45) is 3.29. The SMILES string of the molecule is COc1c(/C(C)=C/C(=O)Nc2cccc(C(C)=O)c2)cc2c(-c3ccccc3)coc2c1C. The maximum Gasteiger partial charge on any atom is 0.248 e. The maximum atomic E-state index is 12.7. The second-order valence-corrected chi connectivity index (χ2v) is 7.93. The number of hydrogen-bond acceptors (Lipinski definition) is 4. The highest BCUT2D eigenvalue weighted by atomic mass is 16.5. The van der Waals surface area contributed by atoms with Crippen molar-refractivity contribution >= 4 is 33.9 Å². The first kappa shape index (κ1) is 22.1. The Morgan fingerprint density at radius 1 is 1.00 bits per heavy atom. The van der Waals surface area contributed by atoms with Crippen LogP contribution in [0.25, 0.3) is 27.7 Å². The zero-order valence-corrected chi connectivity index (χ0v) is 19.1. The largest absolute Gasteiger partial charge is 0.496 e. The summed E-state index contributed by atoms with van der Waals surface area (Å²) in [5.74, 6) is 0.320. The topological polar surface area (TPSA) is 68.5 Å². The number of ether oxygens (including phenoxy) is 1. The molecule has 0 spiro atoms. The normalized spacial score (nSPS) is 11.5. The summed E-state index contributed by atoms with van der Waals surface area (Å²) in [7, 11) is 1.61. The minimum absolute atomic E-state index is 0.0549. The van der Waals surface area contributed by atoms with Crippen LogP contribution in [0.3, 0.4) is 0 Å². The molecule has 1 heterocycles. The number of Topliss-reactive ketones (excluding diaryl/α,β-unsaturated/α-hetero) is 1. The third kappa shape index (κ3) is 4.44. The van der Waals surface area contributed by atoms with Crippen molar-refractivity contribution in [2.45, 2.75) is 20.8 Å². The number of rotatable bonds is 6. The van der Waals surface area contributed by atoms with Gasteiger partial charge in [-0.05, 0) is 50.1 Å². The standard InChI is InChI=1S/C28H25NO4/c1-17(13-26(31)29-22-12-8-11-21(14-22)19(3)30)23-15-24-25(20-9-6-5-7-10-20)16-33-28(24)18(2)27(23)32-4/h5-16H,1-4H3,(H,29,31)/b17-13+. The molecule has 4 aromatic rings. The van der Waals surface area contributed by atoms with Gasteiger partial charge >= 0.3 is 0 Å². The van der Waals surface area contributed by atoms with Crippen molar-refractivity contribution in [3.8, 4) is 16.9 Å². The van der Waals surface area contributed by atoms with Gasteiger partial charge in [0.2, 0.25) is 5.91 Å². The van der Waals surface area contributed by atoms with Gasteiger partial charge in [-0.2, -0.15) is 0 Å². The molecule has 1 N–H and O–H groups in total. The van der Waals surface area contributed by atoms with Crippen molar-refractivity contribution in [2.75, 3.05) is 12.4 Å². The van der Waals surface area contributed by atoms with E-state index < -0.39 is 0 Å². The molecule has 166 valence electrons. The van der Waals surface area contributed by atoms with Crippen LogP contribution in [0.2, 0.25) is 0 Å². The molecular weight excluding hydrogens is 414 g/mol. The van der Waals surface area contributed by atoms with E-state index in [0.717, 1.165) is 38.8 Å². The molecule has 0 fully saturated rings. The number of fused-ring (bicyclic) bond motifs is 1. The van der Waals surface area contributed by atoms with E-state index in [2.05, 4.69) is 5.32 Å². The molecule has 0 unspecified atom stereocenters. The van der Waals surface area contributed by atoms with Crippen LogP contribution in [0.1, 0.15) is 35.3 Å². The molecule has 0 radical (unpaired) electrons. The molecule has 33 heavy (non-hydrogen) atoms. The average Bonchev–Trinajstić information content (AvgIpc) is 3.24. The number of anilines is 1. The molecule has 5 heteroatoms. The number of nitrogens with one attached hydrogen (secondary N) is 1. The summed E-state index contributed by atoms with van der Waals surface area (Å²) in [6, 6.07) is 18.9. The van der Waals surface area contributed by atoms with Crippen LogP contribution in [0.5, 0.6) is 5.75 Å². The quantitative estimate of drug-likeness (QED) is 0.269. The smallest absolute Gasteiger partial charge is 0.248 e. The van der Waals surface area contributed by atoms with Crippen LogP contribution in [0.15, 0.2) is 77.4 Å². The number of carbonyl (C=O) groups is 2. The summed E-state index contributed by atoms with van der Waals surface area (Å²) < 4.78 is 11.6. The number of hydrogen-bond donors (Lipinski definition) is 1. The first-order valence-corrected chi connectivity index (χ1v) is 10.6. The molecule has 1 aromatic heterocycles. The summed E-state index contributed by atoms with van der Waals surface area (Å²) in [5.41, 5.74) is 6.34. The molecule has 0 atom stereocenters. The minimum Gasteiger partial charge on any atom is -0.496 e. The first-order chi connectivity index (χ1) is 15.9. The molecule has 0 saturated carbocycles. The van der Waals surface area contributed by atoms with Gasteiger partial charge in [-0.3, -0.25) is 9.59 Å². The van der Waals surface area contributed by atoms with Crippen LogP contribution < -0.4 is 10.1 Å². The van der Waals surface area contributed by atoms with Gasteiger partial charge in [0.1, 0.15) is 11.3 Å². The number of methoxy groups -OCH3 is 1. The zero-order valence-electron chi connectivity index (χ0n) is 19.1. The van der Waals surface area contributed by atoms with Crippen LogP contribution >= 0.6 is 0 Å². The van der Waals surface area contributed by atoms with Gasteiger partial charge in [-0.1, -0.05) is 42.5 Å². The van der Waals surface area contributed by atoms with Crippen LogP contribution in [0, 0.1) is 6.92 Å². The van der Waals surface area contributed by atoms with Gasteiger partial charge in [0.15, 0.2) is 5.78 Å². The lowest BCUT2D eigenvalue weighted by atomic mass is 9.96. The van der Waals surface area contributed by atoms with Crippen LogP contribution in [-0.2, 0) is 4.79 Å². The molecule has 3 aromatic carbocycles. The Kier molecular flexibility index (Phi) is 6.13. The molecule has 0 aliphatic rings. The number of aryl methyl sites for hydroxylation is 1. The highest BCUT2D eigenvalue weighted by molar-refractivity contribution is 6.06. The Hall–Kier alpha value is -4.12. The number of amides is 1. The first-order valence-electron chi connectivity index (χ1n) is 10.6.